The van der Waals surface area contributed by atoms with Crippen molar-refractivity contribution in [2.45, 2.75) is 51.1 Å². The van der Waals surface area contributed by atoms with E-state index in [4.69, 9.17) is 4.74 Å². The highest BCUT2D eigenvalue weighted by Gasteiger charge is 2.41. The summed E-state index contributed by atoms with van der Waals surface area (Å²) in [6.07, 6.45) is -2.55. The van der Waals surface area contributed by atoms with Crippen LogP contribution in [0.25, 0.3) is 0 Å². The van der Waals surface area contributed by atoms with Crippen LogP contribution in [0.5, 0.6) is 0 Å². The Morgan fingerprint density at radius 1 is 1.23 bits per heavy atom. The van der Waals surface area contributed by atoms with Gasteiger partial charge in [0.05, 0.1) is 19.4 Å². The second kappa shape index (κ2) is 6.71. The molecule has 1 fully saturated rings. The van der Waals surface area contributed by atoms with Gasteiger partial charge in [0.1, 0.15) is 0 Å². The molecule has 1 aliphatic carbocycles. The zero-order chi connectivity index (χ0) is 16.3. The van der Waals surface area contributed by atoms with Gasteiger partial charge >= 0.3 is 12.1 Å². The Morgan fingerprint density at radius 2 is 1.86 bits per heavy atom. The van der Waals surface area contributed by atoms with Crippen molar-refractivity contribution in [2.24, 2.45) is 5.92 Å². The molecule has 0 amide bonds. The van der Waals surface area contributed by atoms with Gasteiger partial charge in [0.25, 0.3) is 0 Å². The molecule has 0 spiro atoms. The van der Waals surface area contributed by atoms with Crippen LogP contribution in [0.2, 0.25) is 0 Å². The summed E-state index contributed by atoms with van der Waals surface area (Å²) in [5, 5.41) is 0. The van der Waals surface area contributed by atoms with Gasteiger partial charge in [-0.05, 0) is 55.2 Å². The predicted octanol–water partition coefficient (Wildman–Crippen LogP) is 4.55. The topological polar surface area (TPSA) is 26.3 Å². The van der Waals surface area contributed by atoms with Crippen LogP contribution in [0.15, 0.2) is 18.2 Å². The van der Waals surface area contributed by atoms with E-state index in [2.05, 4.69) is 0 Å². The fourth-order valence-electron chi connectivity index (χ4n) is 3.30. The first-order valence-electron chi connectivity index (χ1n) is 7.54. The Balaban J connectivity index is 2.16. The molecule has 1 aromatic carbocycles. The normalized spacial score (nSPS) is 22.4. The highest BCUT2D eigenvalue weighted by atomic mass is 19.4. The summed E-state index contributed by atoms with van der Waals surface area (Å²) in [5.74, 6) is -1.41. The predicted molar refractivity (Wildman–Crippen MR) is 77.7 cm³/mol. The van der Waals surface area contributed by atoms with Crippen LogP contribution in [0.3, 0.4) is 0 Å². The minimum atomic E-state index is -4.09. The van der Waals surface area contributed by atoms with E-state index in [1.54, 1.807) is 0 Å². The quantitative estimate of drug-likeness (QED) is 0.765. The van der Waals surface area contributed by atoms with Gasteiger partial charge in [-0.2, -0.15) is 13.2 Å². The number of alkyl halides is 3. The minimum absolute atomic E-state index is 0.0955. The molecule has 0 unspecified atom stereocenters. The zero-order valence-electron chi connectivity index (χ0n) is 12.9. The molecule has 2 nitrogen and oxygen atoms in total. The van der Waals surface area contributed by atoms with Crippen molar-refractivity contribution in [1.29, 1.82) is 0 Å². The van der Waals surface area contributed by atoms with Gasteiger partial charge in [0, 0.05) is 0 Å². The number of carbonyl (C=O) groups is 1. The molecule has 2 rings (SSSR count). The molecule has 1 aliphatic rings. The van der Waals surface area contributed by atoms with Crippen LogP contribution >= 0.6 is 0 Å². The third-order valence-corrected chi connectivity index (χ3v) is 4.63. The van der Waals surface area contributed by atoms with Crippen LogP contribution in [-0.2, 0) is 16.0 Å². The van der Waals surface area contributed by atoms with Gasteiger partial charge < -0.3 is 4.74 Å². The van der Waals surface area contributed by atoms with E-state index in [-0.39, 0.29) is 31.1 Å². The first kappa shape index (κ1) is 16.8. The number of aryl methyl sites for hydroxylation is 1. The first-order valence-corrected chi connectivity index (χ1v) is 7.54. The minimum Gasteiger partial charge on any atom is -0.469 e. The largest absolute Gasteiger partial charge is 0.469 e. The number of esters is 1. The van der Waals surface area contributed by atoms with Crippen molar-refractivity contribution < 1.29 is 22.7 Å². The number of carbonyl (C=O) groups excluding carboxylic acids is 1. The molecule has 0 aliphatic heterocycles. The molecule has 5 heteroatoms. The van der Waals surface area contributed by atoms with Crippen LogP contribution in [0.1, 0.15) is 48.3 Å². The lowest BCUT2D eigenvalue weighted by Gasteiger charge is -2.31. The van der Waals surface area contributed by atoms with E-state index >= 15 is 0 Å². The average Bonchev–Trinajstić information content (AvgIpc) is 2.48. The third kappa shape index (κ3) is 3.81. The van der Waals surface area contributed by atoms with Gasteiger partial charge in [0.15, 0.2) is 0 Å². The van der Waals surface area contributed by atoms with Crippen molar-refractivity contribution in [3.05, 3.63) is 34.9 Å². The summed E-state index contributed by atoms with van der Waals surface area (Å²) in [7, 11) is 1.34. The lowest BCUT2D eigenvalue weighted by atomic mass is 9.76. The van der Waals surface area contributed by atoms with E-state index in [1.165, 1.54) is 7.11 Å². The Bertz CT molecular complexity index is 529. The molecule has 1 aromatic rings. The Kier molecular flexibility index (Phi) is 5.14. The lowest BCUT2D eigenvalue weighted by Crippen LogP contribution is -2.27. The monoisotopic (exact) mass is 314 g/mol. The number of benzene rings is 1. The fraction of sp³-hybridized carbons (Fsp3) is 0.588. The summed E-state index contributed by atoms with van der Waals surface area (Å²) in [6, 6.07) is 5.76. The Morgan fingerprint density at radius 3 is 2.41 bits per heavy atom. The molecule has 0 N–H and O–H groups in total. The maximum Gasteiger partial charge on any atom is 0.391 e. The standard InChI is InChI=1S/C17H21F3O2/c1-11-4-3-5-14(15(11)10-16(21)22-2)12-6-8-13(9-7-12)17(18,19)20/h3-5,12-13H,6-10H2,1-2H3. The molecule has 0 bridgehead atoms. The number of rotatable bonds is 3. The number of methoxy groups -OCH3 is 1. The smallest absolute Gasteiger partial charge is 0.391 e. The summed E-state index contributed by atoms with van der Waals surface area (Å²) in [6.45, 7) is 1.92. The van der Waals surface area contributed by atoms with Crippen LogP contribution in [0.4, 0.5) is 13.2 Å². The molecule has 1 saturated carbocycles. The molecular formula is C17H21F3O2. The maximum atomic E-state index is 12.8. The molecule has 0 aromatic heterocycles. The lowest BCUT2D eigenvalue weighted by molar-refractivity contribution is -0.182. The number of hydrogen-bond acceptors (Lipinski definition) is 2. The first-order chi connectivity index (χ1) is 10.3. The van der Waals surface area contributed by atoms with Crippen molar-refractivity contribution >= 4 is 5.97 Å². The molecule has 0 radical (unpaired) electrons. The second-order valence-corrected chi connectivity index (χ2v) is 5.99. The van der Waals surface area contributed by atoms with Crippen LogP contribution < -0.4 is 0 Å². The molecule has 0 heterocycles. The van der Waals surface area contributed by atoms with Crippen molar-refractivity contribution in [3.63, 3.8) is 0 Å². The number of halogens is 3. The summed E-state index contributed by atoms with van der Waals surface area (Å²) < 4.78 is 43.0. The zero-order valence-corrected chi connectivity index (χ0v) is 12.9. The summed E-state index contributed by atoms with van der Waals surface area (Å²) >= 11 is 0. The summed E-state index contributed by atoms with van der Waals surface area (Å²) in [4.78, 5) is 11.6. The van der Waals surface area contributed by atoms with Gasteiger partial charge in [-0.1, -0.05) is 18.2 Å². The van der Waals surface area contributed by atoms with Crippen molar-refractivity contribution in [1.82, 2.24) is 0 Å². The molecule has 0 saturated heterocycles. The van der Waals surface area contributed by atoms with E-state index in [1.807, 2.05) is 25.1 Å². The third-order valence-electron chi connectivity index (χ3n) is 4.63. The SMILES string of the molecule is COC(=O)Cc1c(C)cccc1C1CCC(C(F)(F)F)CC1. The Hall–Kier alpha value is -1.52. The van der Waals surface area contributed by atoms with E-state index in [9.17, 15) is 18.0 Å². The number of hydrogen-bond donors (Lipinski definition) is 0. The van der Waals surface area contributed by atoms with Crippen LogP contribution in [-0.4, -0.2) is 19.3 Å². The van der Waals surface area contributed by atoms with Gasteiger partial charge in [0.2, 0.25) is 0 Å². The van der Waals surface area contributed by atoms with Gasteiger partial charge in [-0.15, -0.1) is 0 Å². The van der Waals surface area contributed by atoms with Crippen molar-refractivity contribution in [2.75, 3.05) is 7.11 Å². The average molecular weight is 314 g/mol. The van der Waals surface area contributed by atoms with Crippen LogP contribution in [0, 0.1) is 12.8 Å². The Labute approximate surface area is 128 Å². The molecule has 22 heavy (non-hydrogen) atoms. The molecular weight excluding hydrogens is 293 g/mol. The highest BCUT2D eigenvalue weighted by Crippen LogP contribution is 2.43. The van der Waals surface area contributed by atoms with Gasteiger partial charge in [-0.3, -0.25) is 4.79 Å². The van der Waals surface area contributed by atoms with E-state index in [0.717, 1.165) is 16.7 Å². The maximum absolute atomic E-state index is 12.8. The summed E-state index contributed by atoms with van der Waals surface area (Å²) in [5.41, 5.74) is 2.90. The highest BCUT2D eigenvalue weighted by molar-refractivity contribution is 5.73. The molecule has 122 valence electrons. The van der Waals surface area contributed by atoms with E-state index in [0.29, 0.717) is 12.8 Å². The second-order valence-electron chi connectivity index (χ2n) is 5.99. The van der Waals surface area contributed by atoms with Gasteiger partial charge in [-0.25, -0.2) is 0 Å². The van der Waals surface area contributed by atoms with E-state index < -0.39 is 12.1 Å². The number of ether oxygens (including phenoxy) is 1. The van der Waals surface area contributed by atoms with Crippen molar-refractivity contribution in [3.8, 4) is 0 Å². The molecule has 0 atom stereocenters. The fourth-order valence-corrected chi connectivity index (χ4v) is 3.30.